The number of anilines is 1. The third-order valence-corrected chi connectivity index (χ3v) is 7.56. The van der Waals surface area contributed by atoms with Gasteiger partial charge in [-0.25, -0.2) is 12.8 Å². The first-order chi connectivity index (χ1) is 17.0. The maximum Gasteiger partial charge on any atom is 0.230 e. The second-order valence-corrected chi connectivity index (χ2v) is 11.5. The Morgan fingerprint density at radius 1 is 1.31 bits per heavy atom. The summed E-state index contributed by atoms with van der Waals surface area (Å²) in [6.07, 6.45) is 3.81. The first kappa shape index (κ1) is 25.8. The minimum absolute atomic E-state index is 0.0573. The van der Waals surface area contributed by atoms with E-state index < -0.39 is 33.2 Å². The summed E-state index contributed by atoms with van der Waals surface area (Å²) in [5, 5.41) is 18.6. The van der Waals surface area contributed by atoms with Gasteiger partial charge in [-0.2, -0.15) is 10.4 Å². The van der Waals surface area contributed by atoms with Gasteiger partial charge in [0.15, 0.2) is 5.82 Å². The number of piperidine rings is 1. The van der Waals surface area contributed by atoms with Gasteiger partial charge in [-0.15, -0.1) is 0 Å². The fraction of sp³-hybridized carbons (Fsp3) is 0.565. The van der Waals surface area contributed by atoms with Crippen molar-refractivity contribution in [2.75, 3.05) is 30.6 Å². The van der Waals surface area contributed by atoms with Crippen molar-refractivity contribution in [2.45, 2.75) is 44.2 Å². The first-order valence-electron chi connectivity index (χ1n) is 11.8. The smallest absolute Gasteiger partial charge is 0.230 e. The molecule has 1 aromatic rings. The summed E-state index contributed by atoms with van der Waals surface area (Å²) in [5.74, 6) is -1.97. The number of likely N-dealkylation sites (tertiary alicyclic amines) is 1. The molecule has 1 saturated carbocycles. The molecule has 3 aliphatic rings. The molecule has 2 fully saturated rings. The van der Waals surface area contributed by atoms with Crippen molar-refractivity contribution in [2.24, 2.45) is 22.7 Å². The molecule has 36 heavy (non-hydrogen) atoms. The van der Waals surface area contributed by atoms with E-state index in [1.807, 2.05) is 4.90 Å². The van der Waals surface area contributed by atoms with Crippen LogP contribution in [0.25, 0.3) is 0 Å². The van der Waals surface area contributed by atoms with E-state index in [4.69, 9.17) is 5.73 Å². The SMILES string of the molecule is CS(=O)(=O)Nc1cccc(CN2CCC(CC#N)(N3CC(C(N)=O)C(NC(=O)C4CC4)=N3)CC2)c1F. The quantitative estimate of drug-likeness (QED) is 0.455. The Labute approximate surface area is 209 Å². The van der Waals surface area contributed by atoms with Crippen molar-refractivity contribution in [1.29, 1.82) is 5.26 Å². The van der Waals surface area contributed by atoms with Gasteiger partial charge in [0, 0.05) is 31.1 Å². The van der Waals surface area contributed by atoms with Crippen LogP contribution in [-0.2, 0) is 26.2 Å². The molecule has 4 N–H and O–H groups in total. The molecule has 1 unspecified atom stereocenters. The number of amidine groups is 1. The zero-order valence-corrected chi connectivity index (χ0v) is 20.9. The molecule has 0 spiro atoms. The first-order valence-corrected chi connectivity index (χ1v) is 13.7. The molecule has 0 bridgehead atoms. The highest BCUT2D eigenvalue weighted by atomic mass is 32.2. The van der Waals surface area contributed by atoms with Gasteiger partial charge in [-0.3, -0.25) is 24.2 Å². The summed E-state index contributed by atoms with van der Waals surface area (Å²) in [6, 6.07) is 6.80. The number of hydrogen-bond donors (Lipinski definition) is 3. The number of sulfonamides is 1. The zero-order valence-electron chi connectivity index (χ0n) is 20.0. The molecular weight excluding hydrogens is 489 g/mol. The van der Waals surface area contributed by atoms with E-state index in [2.05, 4.69) is 21.2 Å². The Balaban J connectivity index is 1.46. The van der Waals surface area contributed by atoms with Crippen molar-refractivity contribution >= 4 is 33.4 Å². The van der Waals surface area contributed by atoms with E-state index in [1.54, 1.807) is 17.1 Å². The molecule has 1 atom stereocenters. The molecule has 1 aromatic carbocycles. The molecule has 0 radical (unpaired) electrons. The molecule has 2 aliphatic heterocycles. The standard InChI is InChI=1S/C23H30FN7O4S/c1-36(34,35)29-18-4-2-3-16(19(18)24)13-30-11-8-23(7-10-25,9-12-30)31-14-17(20(26)32)21(28-31)27-22(33)15-5-6-15/h2-4,15,17,29H,5-9,11-14H2,1H3,(H2,26,32)(H,27,28,33). The average Bonchev–Trinajstić information content (AvgIpc) is 3.57. The fourth-order valence-electron chi connectivity index (χ4n) is 4.73. The van der Waals surface area contributed by atoms with Crippen molar-refractivity contribution < 1.29 is 22.4 Å². The van der Waals surface area contributed by atoms with Crippen LogP contribution in [0.3, 0.4) is 0 Å². The number of hydrazone groups is 1. The number of rotatable bonds is 8. The lowest BCUT2D eigenvalue weighted by Gasteiger charge is -2.45. The Bertz CT molecular complexity index is 1220. The number of nitrogens with two attached hydrogens (primary N) is 1. The lowest BCUT2D eigenvalue weighted by atomic mass is 9.83. The van der Waals surface area contributed by atoms with Crippen LogP contribution in [0.4, 0.5) is 10.1 Å². The minimum atomic E-state index is -3.62. The van der Waals surface area contributed by atoms with E-state index in [0.717, 1.165) is 19.1 Å². The Morgan fingerprint density at radius 2 is 2.00 bits per heavy atom. The van der Waals surface area contributed by atoms with E-state index in [1.165, 1.54) is 6.07 Å². The van der Waals surface area contributed by atoms with Crippen molar-refractivity contribution in [3.05, 3.63) is 29.6 Å². The summed E-state index contributed by atoms with van der Waals surface area (Å²) in [4.78, 5) is 26.4. The highest BCUT2D eigenvalue weighted by Gasteiger charge is 2.46. The minimum Gasteiger partial charge on any atom is -0.369 e. The fourth-order valence-corrected chi connectivity index (χ4v) is 5.29. The number of amides is 2. The monoisotopic (exact) mass is 519 g/mol. The average molecular weight is 520 g/mol. The van der Waals surface area contributed by atoms with E-state index in [9.17, 15) is 27.7 Å². The third kappa shape index (κ3) is 5.76. The van der Waals surface area contributed by atoms with Crippen LogP contribution in [0.1, 0.15) is 37.7 Å². The molecular formula is C23H30FN7O4S. The summed E-state index contributed by atoms with van der Waals surface area (Å²) in [5.41, 5.74) is 5.19. The van der Waals surface area contributed by atoms with Crippen molar-refractivity contribution in [3.8, 4) is 6.07 Å². The highest BCUT2D eigenvalue weighted by Crippen LogP contribution is 2.36. The molecule has 13 heteroatoms. The molecule has 2 amide bonds. The largest absolute Gasteiger partial charge is 0.369 e. The normalized spacial score (nSPS) is 22.0. The number of nitrogens with zero attached hydrogens (tertiary/aromatic N) is 4. The second kappa shape index (κ2) is 10.0. The topological polar surface area (TPSA) is 161 Å². The van der Waals surface area contributed by atoms with Crippen LogP contribution < -0.4 is 15.8 Å². The number of hydrogen-bond acceptors (Lipinski definition) is 8. The number of nitriles is 1. The number of nitrogens with one attached hydrogen (secondary N) is 2. The van der Waals surface area contributed by atoms with Gasteiger partial charge in [0.05, 0.1) is 36.5 Å². The number of primary amides is 1. The van der Waals surface area contributed by atoms with E-state index in [-0.39, 0.29) is 42.9 Å². The molecule has 1 saturated heterocycles. The van der Waals surface area contributed by atoms with Crippen molar-refractivity contribution in [3.63, 3.8) is 0 Å². The van der Waals surface area contributed by atoms with Gasteiger partial charge < -0.3 is 11.1 Å². The van der Waals surface area contributed by atoms with Gasteiger partial charge in [0.1, 0.15) is 11.8 Å². The maximum atomic E-state index is 14.9. The highest BCUT2D eigenvalue weighted by molar-refractivity contribution is 7.92. The van der Waals surface area contributed by atoms with Crippen molar-refractivity contribution in [1.82, 2.24) is 15.2 Å². The molecule has 11 nitrogen and oxygen atoms in total. The number of benzene rings is 1. The summed E-state index contributed by atoms with van der Waals surface area (Å²) < 4.78 is 40.1. The Kier molecular flexibility index (Phi) is 7.19. The van der Waals surface area contributed by atoms with Gasteiger partial charge in [0.2, 0.25) is 21.8 Å². The summed E-state index contributed by atoms with van der Waals surface area (Å²) in [6.45, 7) is 1.51. The van der Waals surface area contributed by atoms with Crippen LogP contribution in [-0.4, -0.2) is 67.4 Å². The lowest BCUT2D eigenvalue weighted by Crippen LogP contribution is -2.53. The zero-order chi connectivity index (χ0) is 26.1. The summed E-state index contributed by atoms with van der Waals surface area (Å²) in [7, 11) is -3.62. The van der Waals surface area contributed by atoms with Gasteiger partial charge in [-0.05, 0) is 31.7 Å². The predicted octanol–water partition coefficient (Wildman–Crippen LogP) is 0.702. The Morgan fingerprint density at radius 3 is 2.58 bits per heavy atom. The predicted molar refractivity (Wildman–Crippen MR) is 130 cm³/mol. The van der Waals surface area contributed by atoms with Crippen LogP contribution >= 0.6 is 0 Å². The van der Waals surface area contributed by atoms with Crippen LogP contribution in [0.5, 0.6) is 0 Å². The lowest BCUT2D eigenvalue weighted by molar-refractivity contribution is -0.121. The Hall–Kier alpha value is -3.24. The van der Waals surface area contributed by atoms with E-state index in [0.29, 0.717) is 31.5 Å². The number of halogens is 1. The summed E-state index contributed by atoms with van der Waals surface area (Å²) >= 11 is 0. The molecule has 0 aromatic heterocycles. The van der Waals surface area contributed by atoms with Gasteiger partial charge >= 0.3 is 0 Å². The molecule has 4 rings (SSSR count). The third-order valence-electron chi connectivity index (χ3n) is 6.97. The maximum absolute atomic E-state index is 14.9. The van der Waals surface area contributed by atoms with Gasteiger partial charge in [0.25, 0.3) is 0 Å². The van der Waals surface area contributed by atoms with E-state index >= 15 is 0 Å². The van der Waals surface area contributed by atoms with Crippen LogP contribution in [0.2, 0.25) is 0 Å². The molecule has 2 heterocycles. The molecule has 1 aliphatic carbocycles. The number of carbonyl (C=O) groups is 2. The molecule has 194 valence electrons. The van der Waals surface area contributed by atoms with Gasteiger partial charge in [-0.1, -0.05) is 12.1 Å². The van der Waals surface area contributed by atoms with Crippen LogP contribution in [0, 0.1) is 29.0 Å². The second-order valence-electron chi connectivity index (χ2n) is 9.77. The number of carbonyl (C=O) groups excluding carboxylic acids is 2. The van der Waals surface area contributed by atoms with Crippen LogP contribution in [0.15, 0.2) is 23.3 Å².